The van der Waals surface area contributed by atoms with Crippen molar-refractivity contribution in [2.45, 2.75) is 13.8 Å². The van der Waals surface area contributed by atoms with Crippen molar-refractivity contribution in [3.05, 3.63) is 72.1 Å². The highest BCUT2D eigenvalue weighted by Crippen LogP contribution is 2.28. The maximum Gasteiger partial charge on any atom is 0.274 e. The topological polar surface area (TPSA) is 92.4 Å². The van der Waals surface area contributed by atoms with E-state index in [4.69, 9.17) is 4.74 Å². The molecule has 0 bridgehead atoms. The largest absolute Gasteiger partial charge is 0.495 e. The highest BCUT2D eigenvalue weighted by molar-refractivity contribution is 6.03. The van der Waals surface area contributed by atoms with Crippen LogP contribution in [0.15, 0.2) is 60.8 Å². The van der Waals surface area contributed by atoms with Crippen molar-refractivity contribution < 1.29 is 14.3 Å². The van der Waals surface area contributed by atoms with Crippen LogP contribution in [0.1, 0.15) is 23.0 Å². The van der Waals surface area contributed by atoms with Crippen molar-refractivity contribution in [2.24, 2.45) is 0 Å². The van der Waals surface area contributed by atoms with Gasteiger partial charge >= 0.3 is 0 Å². The zero-order chi connectivity index (χ0) is 20.8. The van der Waals surface area contributed by atoms with Gasteiger partial charge in [0.05, 0.1) is 24.7 Å². The molecule has 1 aromatic heterocycles. The standard InChI is InChI=1S/C22H22N4O3/c1-14-7-10-21(29-3)20(11-14)25-18-8-9-19(23-13-18)22(28)26-17-6-4-5-16(12-17)24-15(2)27/h4-13,25H,1-3H3,(H,24,27)(H,26,28). The predicted octanol–water partition coefficient (Wildman–Crippen LogP) is 4.35. The van der Waals surface area contributed by atoms with Crippen molar-refractivity contribution in [3.8, 4) is 5.75 Å². The summed E-state index contributed by atoms with van der Waals surface area (Å²) < 4.78 is 5.36. The molecule has 3 aromatic rings. The molecule has 0 spiro atoms. The molecular weight excluding hydrogens is 368 g/mol. The molecule has 2 amide bonds. The first-order chi connectivity index (χ1) is 13.9. The maximum atomic E-state index is 12.5. The first-order valence-electron chi connectivity index (χ1n) is 9.01. The summed E-state index contributed by atoms with van der Waals surface area (Å²) >= 11 is 0. The van der Waals surface area contributed by atoms with Crippen molar-refractivity contribution >= 4 is 34.6 Å². The van der Waals surface area contributed by atoms with Crippen molar-refractivity contribution in [1.29, 1.82) is 0 Å². The van der Waals surface area contributed by atoms with E-state index in [1.165, 1.54) is 6.92 Å². The number of pyridine rings is 1. The Morgan fingerprint density at radius 2 is 1.69 bits per heavy atom. The summed E-state index contributed by atoms with van der Waals surface area (Å²) in [7, 11) is 1.61. The smallest absolute Gasteiger partial charge is 0.274 e. The molecule has 0 aliphatic carbocycles. The summed E-state index contributed by atoms with van der Waals surface area (Å²) in [6, 6.07) is 16.2. The van der Waals surface area contributed by atoms with Crippen LogP contribution in [0.25, 0.3) is 0 Å². The maximum absolute atomic E-state index is 12.5. The van der Waals surface area contributed by atoms with Crippen LogP contribution < -0.4 is 20.7 Å². The number of hydrogen-bond donors (Lipinski definition) is 3. The fourth-order valence-corrected chi connectivity index (χ4v) is 2.75. The molecule has 0 saturated heterocycles. The van der Waals surface area contributed by atoms with Gasteiger partial charge in [-0.2, -0.15) is 0 Å². The molecule has 0 aliphatic rings. The average Bonchev–Trinajstić information content (AvgIpc) is 2.68. The van der Waals surface area contributed by atoms with Gasteiger partial charge in [-0.25, -0.2) is 4.98 Å². The van der Waals surface area contributed by atoms with Gasteiger partial charge in [0.15, 0.2) is 0 Å². The number of ether oxygens (including phenoxy) is 1. The van der Waals surface area contributed by atoms with E-state index >= 15 is 0 Å². The van der Waals surface area contributed by atoms with E-state index in [1.807, 2.05) is 25.1 Å². The number of hydrogen-bond acceptors (Lipinski definition) is 5. The molecule has 0 radical (unpaired) electrons. The highest BCUT2D eigenvalue weighted by atomic mass is 16.5. The Hall–Kier alpha value is -3.87. The van der Waals surface area contributed by atoms with Crippen LogP contribution in [0, 0.1) is 6.92 Å². The number of amides is 2. The molecule has 0 fully saturated rings. The van der Waals surface area contributed by atoms with E-state index in [-0.39, 0.29) is 17.5 Å². The van der Waals surface area contributed by atoms with E-state index in [2.05, 4.69) is 20.9 Å². The lowest BCUT2D eigenvalue weighted by Gasteiger charge is -2.12. The minimum absolute atomic E-state index is 0.177. The molecule has 7 nitrogen and oxygen atoms in total. The lowest BCUT2D eigenvalue weighted by atomic mass is 10.2. The molecule has 2 aromatic carbocycles. The first kappa shape index (κ1) is 19.9. The summed E-state index contributed by atoms with van der Waals surface area (Å²) in [6.07, 6.45) is 1.59. The van der Waals surface area contributed by atoms with Crippen LogP contribution in [0.4, 0.5) is 22.7 Å². The number of aromatic nitrogens is 1. The van der Waals surface area contributed by atoms with Crippen LogP contribution in [0.5, 0.6) is 5.75 Å². The number of carbonyl (C=O) groups is 2. The summed E-state index contributed by atoms with van der Waals surface area (Å²) in [5.74, 6) is 0.199. The lowest BCUT2D eigenvalue weighted by Crippen LogP contribution is -2.14. The van der Waals surface area contributed by atoms with Gasteiger partial charge < -0.3 is 20.7 Å². The number of benzene rings is 2. The normalized spacial score (nSPS) is 10.2. The zero-order valence-electron chi connectivity index (χ0n) is 16.4. The van der Waals surface area contributed by atoms with Gasteiger partial charge in [0, 0.05) is 18.3 Å². The molecule has 0 aliphatic heterocycles. The summed E-state index contributed by atoms with van der Waals surface area (Å²) in [5.41, 5.74) is 4.10. The second-order valence-electron chi connectivity index (χ2n) is 6.48. The van der Waals surface area contributed by atoms with Gasteiger partial charge in [0.1, 0.15) is 11.4 Å². The minimum Gasteiger partial charge on any atom is -0.495 e. The molecule has 3 rings (SSSR count). The number of nitrogens with zero attached hydrogens (tertiary/aromatic N) is 1. The summed E-state index contributed by atoms with van der Waals surface area (Å²) in [5, 5.41) is 8.70. The van der Waals surface area contributed by atoms with Gasteiger partial charge in [0.25, 0.3) is 5.91 Å². The van der Waals surface area contributed by atoms with Crippen molar-refractivity contribution in [2.75, 3.05) is 23.1 Å². The minimum atomic E-state index is -0.343. The molecule has 29 heavy (non-hydrogen) atoms. The Bertz CT molecular complexity index is 1030. The number of anilines is 4. The third-order valence-corrected chi connectivity index (χ3v) is 4.07. The molecule has 0 unspecified atom stereocenters. The monoisotopic (exact) mass is 390 g/mol. The number of nitrogens with one attached hydrogen (secondary N) is 3. The number of methoxy groups -OCH3 is 1. The van der Waals surface area contributed by atoms with Crippen LogP contribution >= 0.6 is 0 Å². The van der Waals surface area contributed by atoms with E-state index in [0.717, 1.165) is 22.7 Å². The second kappa shape index (κ2) is 8.88. The van der Waals surface area contributed by atoms with Gasteiger partial charge in [-0.05, 0) is 55.0 Å². The quantitative estimate of drug-likeness (QED) is 0.582. The third kappa shape index (κ3) is 5.32. The molecule has 7 heteroatoms. The van der Waals surface area contributed by atoms with Crippen LogP contribution in [-0.4, -0.2) is 23.9 Å². The molecule has 0 saturated carbocycles. The van der Waals surface area contributed by atoms with Gasteiger partial charge in [0.2, 0.25) is 5.91 Å². The third-order valence-electron chi connectivity index (χ3n) is 4.07. The van der Waals surface area contributed by atoms with Crippen LogP contribution in [0.2, 0.25) is 0 Å². The summed E-state index contributed by atoms with van der Waals surface area (Å²) in [6.45, 7) is 3.42. The Kier molecular flexibility index (Phi) is 6.09. The SMILES string of the molecule is COc1ccc(C)cc1Nc1ccc(C(=O)Nc2cccc(NC(C)=O)c2)nc1. The Morgan fingerprint density at radius 1 is 0.931 bits per heavy atom. The van der Waals surface area contributed by atoms with Gasteiger partial charge in [-0.1, -0.05) is 12.1 Å². The van der Waals surface area contributed by atoms with Gasteiger partial charge in [-0.15, -0.1) is 0 Å². The molecule has 0 atom stereocenters. The lowest BCUT2D eigenvalue weighted by molar-refractivity contribution is -0.114. The van der Waals surface area contributed by atoms with Crippen LogP contribution in [-0.2, 0) is 4.79 Å². The van der Waals surface area contributed by atoms with E-state index in [9.17, 15) is 9.59 Å². The fourth-order valence-electron chi connectivity index (χ4n) is 2.75. The second-order valence-corrected chi connectivity index (χ2v) is 6.48. The molecular formula is C22H22N4O3. The Morgan fingerprint density at radius 3 is 2.34 bits per heavy atom. The van der Waals surface area contributed by atoms with Crippen molar-refractivity contribution in [1.82, 2.24) is 4.98 Å². The number of rotatable bonds is 6. The van der Waals surface area contributed by atoms with Gasteiger partial charge in [-0.3, -0.25) is 9.59 Å². The first-order valence-corrected chi connectivity index (χ1v) is 9.01. The van der Waals surface area contributed by atoms with E-state index in [0.29, 0.717) is 11.4 Å². The van der Waals surface area contributed by atoms with Crippen molar-refractivity contribution in [3.63, 3.8) is 0 Å². The van der Waals surface area contributed by atoms with E-state index < -0.39 is 0 Å². The zero-order valence-corrected chi connectivity index (χ0v) is 16.4. The number of carbonyl (C=O) groups excluding carboxylic acids is 2. The molecule has 148 valence electrons. The fraction of sp³-hybridized carbons (Fsp3) is 0.136. The molecule has 1 heterocycles. The predicted molar refractivity (Wildman–Crippen MR) is 114 cm³/mol. The Labute approximate surface area is 169 Å². The highest BCUT2D eigenvalue weighted by Gasteiger charge is 2.09. The summed E-state index contributed by atoms with van der Waals surface area (Å²) in [4.78, 5) is 27.9. The molecule has 3 N–H and O–H groups in total. The Balaban J connectivity index is 1.69. The van der Waals surface area contributed by atoms with E-state index in [1.54, 1.807) is 49.7 Å². The van der Waals surface area contributed by atoms with Crippen LogP contribution in [0.3, 0.4) is 0 Å². The average molecular weight is 390 g/mol. The number of aryl methyl sites for hydroxylation is 1.